The molecule has 0 radical (unpaired) electrons. The van der Waals surface area contributed by atoms with Gasteiger partial charge in [-0.15, -0.1) is 0 Å². The van der Waals surface area contributed by atoms with Crippen molar-refractivity contribution in [3.63, 3.8) is 0 Å². The van der Waals surface area contributed by atoms with E-state index in [2.05, 4.69) is 32.4 Å². The lowest BCUT2D eigenvalue weighted by molar-refractivity contribution is -0.142. The van der Waals surface area contributed by atoms with Crippen LogP contribution in [0.25, 0.3) is 10.9 Å². The van der Waals surface area contributed by atoms with Gasteiger partial charge in [0.05, 0.1) is 11.7 Å². The van der Waals surface area contributed by atoms with Gasteiger partial charge in [-0.3, -0.25) is 14.8 Å². The van der Waals surface area contributed by atoms with Crippen molar-refractivity contribution in [3.05, 3.63) is 59.3 Å². The standard InChI is InChI=1S/C35H46N8O4/c1-24-19-25(20-27-22-36-38-32(24)27)21-31(33(44)41-11-7-28(8-12-41)40-17-15-39(2)16-18-40)47-35(46)42-13-9-29(10-14-42)43-23-26-5-3-4-6-30(26)37-34(43)45/h3-6,19-20,22,28-29,31H,7-18,21,23H2,1-2H3,(H,36,38)(H,37,45)/t31-/m1/s1. The number of urea groups is 1. The van der Waals surface area contributed by atoms with Crippen LogP contribution in [-0.4, -0.2) is 130 Å². The maximum absolute atomic E-state index is 14.1. The average molecular weight is 643 g/mol. The van der Waals surface area contributed by atoms with E-state index in [4.69, 9.17) is 4.74 Å². The van der Waals surface area contributed by atoms with E-state index in [0.29, 0.717) is 58.0 Å². The molecule has 0 saturated carbocycles. The van der Waals surface area contributed by atoms with Crippen LogP contribution in [-0.2, 0) is 22.5 Å². The minimum Gasteiger partial charge on any atom is -0.436 e. The number of aryl methyl sites for hydroxylation is 1. The second-order valence-corrected chi connectivity index (χ2v) is 13.7. The summed E-state index contributed by atoms with van der Waals surface area (Å²) >= 11 is 0. The number of benzene rings is 2. The number of piperazine rings is 1. The van der Waals surface area contributed by atoms with Crippen LogP contribution in [0.1, 0.15) is 42.4 Å². The number of amides is 4. The number of aromatic nitrogens is 2. The van der Waals surface area contributed by atoms with Crippen LogP contribution >= 0.6 is 0 Å². The van der Waals surface area contributed by atoms with Gasteiger partial charge in [0.15, 0.2) is 6.10 Å². The maximum Gasteiger partial charge on any atom is 0.410 e. The van der Waals surface area contributed by atoms with Crippen LogP contribution in [0.3, 0.4) is 0 Å². The van der Waals surface area contributed by atoms with Crippen LogP contribution in [0.2, 0.25) is 0 Å². The first-order chi connectivity index (χ1) is 22.8. The Labute approximate surface area is 276 Å². The molecule has 0 spiro atoms. The molecule has 4 amide bonds. The lowest BCUT2D eigenvalue weighted by Crippen LogP contribution is -2.55. The zero-order valence-electron chi connectivity index (χ0n) is 27.5. The van der Waals surface area contributed by atoms with Gasteiger partial charge in [0.1, 0.15) is 0 Å². The quantitative estimate of drug-likeness (QED) is 0.422. The number of fused-ring (bicyclic) bond motifs is 2. The highest BCUT2D eigenvalue weighted by molar-refractivity contribution is 5.92. The zero-order valence-corrected chi connectivity index (χ0v) is 27.5. The topological polar surface area (TPSA) is 117 Å². The van der Waals surface area contributed by atoms with E-state index < -0.39 is 12.2 Å². The number of para-hydroxylation sites is 1. The van der Waals surface area contributed by atoms with E-state index in [1.165, 1.54) is 0 Å². The molecule has 12 nitrogen and oxygen atoms in total. The molecule has 7 rings (SSSR count). The fraction of sp³-hybridized carbons (Fsp3) is 0.543. The molecule has 3 fully saturated rings. The van der Waals surface area contributed by atoms with Crippen molar-refractivity contribution in [2.45, 2.75) is 63.8 Å². The van der Waals surface area contributed by atoms with Gasteiger partial charge in [-0.1, -0.05) is 24.3 Å². The Morgan fingerprint density at radius 3 is 2.40 bits per heavy atom. The third-order valence-corrected chi connectivity index (χ3v) is 10.6. The predicted molar refractivity (Wildman–Crippen MR) is 179 cm³/mol. The third kappa shape index (κ3) is 6.80. The maximum atomic E-state index is 14.1. The van der Waals surface area contributed by atoms with Gasteiger partial charge < -0.3 is 29.7 Å². The first-order valence-electron chi connectivity index (χ1n) is 17.1. The number of piperidine rings is 2. The summed E-state index contributed by atoms with van der Waals surface area (Å²) < 4.78 is 6.11. The van der Waals surface area contributed by atoms with Gasteiger partial charge in [-0.05, 0) is 68.5 Å². The molecule has 1 aromatic heterocycles. The van der Waals surface area contributed by atoms with E-state index in [1.807, 2.05) is 53.1 Å². The van der Waals surface area contributed by atoms with Gasteiger partial charge in [-0.2, -0.15) is 5.10 Å². The highest BCUT2D eigenvalue weighted by atomic mass is 16.6. The molecule has 2 aromatic carbocycles. The summed E-state index contributed by atoms with van der Waals surface area (Å²) in [6.45, 7) is 9.11. The molecular weight excluding hydrogens is 596 g/mol. The van der Waals surface area contributed by atoms with Gasteiger partial charge in [-0.25, -0.2) is 9.59 Å². The van der Waals surface area contributed by atoms with Gasteiger partial charge >= 0.3 is 12.1 Å². The average Bonchev–Trinajstić information content (AvgIpc) is 3.57. The van der Waals surface area contributed by atoms with Crippen molar-refractivity contribution < 1.29 is 19.1 Å². The molecule has 0 aliphatic carbocycles. The number of hydrogen-bond donors (Lipinski definition) is 2. The molecule has 250 valence electrons. The van der Waals surface area contributed by atoms with Crippen molar-refractivity contribution >= 4 is 34.6 Å². The number of H-pyrrole nitrogens is 1. The molecule has 12 heteroatoms. The molecule has 0 unspecified atom stereocenters. The largest absolute Gasteiger partial charge is 0.436 e. The molecule has 47 heavy (non-hydrogen) atoms. The van der Waals surface area contributed by atoms with Crippen LogP contribution in [0.4, 0.5) is 15.3 Å². The minimum absolute atomic E-state index is 0.0242. The Hall–Kier alpha value is -4.16. The van der Waals surface area contributed by atoms with Crippen LogP contribution in [0, 0.1) is 6.92 Å². The highest BCUT2D eigenvalue weighted by Gasteiger charge is 2.37. The lowest BCUT2D eigenvalue weighted by atomic mass is 9.99. The summed E-state index contributed by atoms with van der Waals surface area (Å²) in [5, 5.41) is 11.2. The van der Waals surface area contributed by atoms with Crippen LogP contribution < -0.4 is 5.32 Å². The number of aromatic amines is 1. The number of carbonyl (C=O) groups excluding carboxylic acids is 3. The minimum atomic E-state index is -0.923. The number of hydrogen-bond acceptors (Lipinski definition) is 7. The fourth-order valence-corrected chi connectivity index (χ4v) is 7.74. The van der Waals surface area contributed by atoms with Crippen molar-refractivity contribution in [1.82, 2.24) is 34.7 Å². The molecule has 0 bridgehead atoms. The van der Waals surface area contributed by atoms with Crippen molar-refractivity contribution in [1.29, 1.82) is 0 Å². The SMILES string of the molecule is Cc1cc(C[C@@H](OC(=O)N2CCC(N3Cc4ccccc4NC3=O)CC2)C(=O)N2CCC(N3CCN(C)CC3)CC2)cc2cn[nH]c12. The molecule has 3 aromatic rings. The smallest absolute Gasteiger partial charge is 0.410 e. The Bertz CT molecular complexity index is 1600. The molecule has 2 N–H and O–H groups in total. The normalized spacial score (nSPS) is 21.1. The summed E-state index contributed by atoms with van der Waals surface area (Å²) in [5.74, 6) is -0.126. The Balaban J connectivity index is 1.00. The van der Waals surface area contributed by atoms with Gasteiger partial charge in [0.2, 0.25) is 0 Å². The number of nitrogens with zero attached hydrogens (tertiary/aromatic N) is 6. The predicted octanol–water partition coefficient (Wildman–Crippen LogP) is 3.67. The van der Waals surface area contributed by atoms with Crippen molar-refractivity contribution in [2.24, 2.45) is 0 Å². The monoisotopic (exact) mass is 642 g/mol. The number of likely N-dealkylation sites (tertiary alicyclic amines) is 2. The lowest BCUT2D eigenvalue weighted by Gasteiger charge is -2.42. The van der Waals surface area contributed by atoms with E-state index in [0.717, 1.165) is 72.3 Å². The second-order valence-electron chi connectivity index (χ2n) is 13.7. The Morgan fingerprint density at radius 2 is 1.64 bits per heavy atom. The summed E-state index contributed by atoms with van der Waals surface area (Å²) in [6.07, 6.45) is 3.85. The first-order valence-corrected chi connectivity index (χ1v) is 17.1. The van der Waals surface area contributed by atoms with Crippen LogP contribution in [0.5, 0.6) is 0 Å². The highest BCUT2D eigenvalue weighted by Crippen LogP contribution is 2.28. The summed E-state index contributed by atoms with van der Waals surface area (Å²) in [5.41, 5.74) is 4.88. The fourth-order valence-electron chi connectivity index (χ4n) is 7.74. The third-order valence-electron chi connectivity index (χ3n) is 10.6. The Kier molecular flexibility index (Phi) is 9.05. The van der Waals surface area contributed by atoms with E-state index in [-0.39, 0.29) is 18.0 Å². The number of carbonyl (C=O) groups is 3. The number of rotatable bonds is 6. The Morgan fingerprint density at radius 1 is 0.936 bits per heavy atom. The molecule has 5 heterocycles. The van der Waals surface area contributed by atoms with Gasteiger partial charge in [0.25, 0.3) is 5.91 Å². The zero-order chi connectivity index (χ0) is 32.5. The van der Waals surface area contributed by atoms with E-state index in [1.54, 1.807) is 11.1 Å². The number of ether oxygens (including phenoxy) is 1. The van der Waals surface area contributed by atoms with Gasteiger partial charge in [0, 0.05) is 88.5 Å². The first kappa shape index (κ1) is 31.4. The molecule has 1 atom stereocenters. The number of likely N-dealkylation sites (N-methyl/N-ethyl adjacent to an activating group) is 1. The van der Waals surface area contributed by atoms with E-state index in [9.17, 15) is 14.4 Å². The summed E-state index contributed by atoms with van der Waals surface area (Å²) in [6, 6.07) is 12.3. The molecule has 4 aliphatic rings. The summed E-state index contributed by atoms with van der Waals surface area (Å²) in [7, 11) is 2.17. The number of nitrogens with one attached hydrogen (secondary N) is 2. The molecular formula is C35H46N8O4. The van der Waals surface area contributed by atoms with E-state index >= 15 is 0 Å². The number of anilines is 1. The summed E-state index contributed by atoms with van der Waals surface area (Å²) in [4.78, 5) is 51.0. The van der Waals surface area contributed by atoms with Crippen molar-refractivity contribution in [2.75, 3.05) is 64.7 Å². The van der Waals surface area contributed by atoms with Crippen molar-refractivity contribution in [3.8, 4) is 0 Å². The van der Waals surface area contributed by atoms with Crippen LogP contribution in [0.15, 0.2) is 42.6 Å². The molecule has 4 aliphatic heterocycles. The second kappa shape index (κ2) is 13.5. The molecule has 3 saturated heterocycles.